The number of hydrogen-bond acceptors (Lipinski definition) is 1. The molecule has 132 valence electrons. The molecule has 0 aliphatic carbocycles. The first-order chi connectivity index (χ1) is 13.2. The molecular formula is C25H22NO+. The fourth-order valence-electron chi connectivity index (χ4n) is 2.93. The maximum absolute atomic E-state index is 5.91. The summed E-state index contributed by atoms with van der Waals surface area (Å²) in [6.07, 6.45) is 3.56. The van der Waals surface area contributed by atoms with Crippen molar-refractivity contribution < 1.29 is 4.42 Å². The lowest BCUT2D eigenvalue weighted by molar-refractivity contribution is 0.591. The molecule has 1 heterocycles. The molecule has 27 heavy (non-hydrogen) atoms. The van der Waals surface area contributed by atoms with Crippen LogP contribution < -0.4 is 5.73 Å². The van der Waals surface area contributed by atoms with Crippen molar-refractivity contribution in [1.29, 1.82) is 0 Å². The normalized spacial score (nSPS) is 9.93. The van der Waals surface area contributed by atoms with E-state index in [1.54, 1.807) is 6.08 Å². The van der Waals surface area contributed by atoms with Gasteiger partial charge in [0.1, 0.15) is 0 Å². The topological polar surface area (TPSA) is 37.3 Å². The second-order valence-corrected chi connectivity index (χ2v) is 5.94. The Balaban J connectivity index is 0.000000253. The van der Waals surface area contributed by atoms with Gasteiger partial charge in [-0.05, 0) is 23.8 Å². The molecule has 4 aromatic rings. The first-order valence-electron chi connectivity index (χ1n) is 8.74. The van der Waals surface area contributed by atoms with Crippen LogP contribution in [0.4, 0.5) is 5.69 Å². The molecule has 0 radical (unpaired) electrons. The zero-order valence-corrected chi connectivity index (χ0v) is 15.1. The van der Waals surface area contributed by atoms with Gasteiger partial charge in [-0.1, -0.05) is 79.9 Å². The largest absolute Gasteiger partial charge is 0.399 e. The summed E-state index contributed by atoms with van der Waals surface area (Å²) in [5.74, 6) is 0.748. The Bertz CT molecular complexity index is 1050. The molecule has 3 aromatic carbocycles. The Morgan fingerprint density at radius 2 is 1.30 bits per heavy atom. The Morgan fingerprint density at radius 1 is 0.704 bits per heavy atom. The van der Waals surface area contributed by atoms with Gasteiger partial charge in [-0.2, -0.15) is 0 Å². The first kappa shape index (κ1) is 18.2. The molecule has 0 unspecified atom stereocenters. The van der Waals surface area contributed by atoms with Crippen LogP contribution in [0.25, 0.3) is 34.2 Å². The summed E-state index contributed by atoms with van der Waals surface area (Å²) in [4.78, 5) is 0. The summed E-state index contributed by atoms with van der Waals surface area (Å²) in [7, 11) is 0. The van der Waals surface area contributed by atoms with Crippen LogP contribution in [0.5, 0.6) is 0 Å². The van der Waals surface area contributed by atoms with E-state index < -0.39 is 0 Å². The van der Waals surface area contributed by atoms with Crippen LogP contribution in [-0.2, 0) is 0 Å². The highest BCUT2D eigenvalue weighted by Crippen LogP contribution is 2.35. The summed E-state index contributed by atoms with van der Waals surface area (Å²) >= 11 is 0. The summed E-state index contributed by atoms with van der Waals surface area (Å²) in [5, 5.41) is 1.08. The van der Waals surface area contributed by atoms with Gasteiger partial charge in [0.05, 0.1) is 10.9 Å². The van der Waals surface area contributed by atoms with Crippen LogP contribution in [0, 0.1) is 0 Å². The smallest absolute Gasteiger partial charge is 0.361 e. The highest BCUT2D eigenvalue weighted by Gasteiger charge is 2.21. The summed E-state index contributed by atoms with van der Waals surface area (Å²) in [5.41, 5.74) is 10.3. The van der Waals surface area contributed by atoms with E-state index in [0.717, 1.165) is 39.1 Å². The summed E-state index contributed by atoms with van der Waals surface area (Å²) < 4.78 is 5.91. The van der Waals surface area contributed by atoms with Crippen molar-refractivity contribution in [1.82, 2.24) is 0 Å². The van der Waals surface area contributed by atoms with Crippen molar-refractivity contribution in [2.24, 2.45) is 0 Å². The molecule has 0 amide bonds. The van der Waals surface area contributed by atoms with Crippen molar-refractivity contribution in [3.63, 3.8) is 0 Å². The second-order valence-electron chi connectivity index (χ2n) is 5.94. The van der Waals surface area contributed by atoms with Gasteiger partial charge < -0.3 is 5.73 Å². The lowest BCUT2D eigenvalue weighted by atomic mass is 9.95. The highest BCUT2D eigenvalue weighted by molar-refractivity contribution is 5.99. The maximum atomic E-state index is 5.91. The van der Waals surface area contributed by atoms with Gasteiger partial charge in [0, 0.05) is 23.4 Å². The van der Waals surface area contributed by atoms with Gasteiger partial charge in [0.15, 0.2) is 0 Å². The Kier molecular flexibility index (Phi) is 5.80. The van der Waals surface area contributed by atoms with Crippen molar-refractivity contribution >= 4 is 28.8 Å². The molecule has 0 fully saturated rings. The molecule has 2 heteroatoms. The van der Waals surface area contributed by atoms with Gasteiger partial charge in [0.25, 0.3) is 0 Å². The van der Waals surface area contributed by atoms with Gasteiger partial charge in [-0.25, -0.2) is 4.42 Å². The lowest BCUT2D eigenvalue weighted by Gasteiger charge is -2.06. The molecule has 0 saturated carbocycles. The zero-order chi connectivity index (χ0) is 19.1. The number of anilines is 1. The lowest BCUT2D eigenvalue weighted by Crippen LogP contribution is -1.90. The third kappa shape index (κ3) is 4.13. The van der Waals surface area contributed by atoms with E-state index in [1.165, 1.54) is 0 Å². The number of nitrogen functional groups attached to an aromatic ring is 1. The minimum atomic E-state index is 0.748. The molecule has 1 aromatic heterocycles. The number of para-hydroxylation sites is 2. The van der Waals surface area contributed by atoms with E-state index in [0.29, 0.717) is 0 Å². The average molecular weight is 352 g/mol. The highest BCUT2D eigenvalue weighted by atomic mass is 16.3. The van der Waals surface area contributed by atoms with E-state index in [9.17, 15) is 0 Å². The zero-order valence-electron chi connectivity index (χ0n) is 15.1. The Hall–Kier alpha value is -3.65. The molecule has 0 spiro atoms. The molecular weight excluding hydrogens is 330 g/mol. The van der Waals surface area contributed by atoms with Gasteiger partial charge in [-0.15, -0.1) is 0 Å². The van der Waals surface area contributed by atoms with Gasteiger partial charge in [-0.3, -0.25) is 0 Å². The van der Waals surface area contributed by atoms with Crippen LogP contribution in [-0.4, -0.2) is 0 Å². The number of nitrogens with two attached hydrogens (primary N) is 1. The van der Waals surface area contributed by atoms with Crippen LogP contribution in [0.1, 0.15) is 11.3 Å². The average Bonchev–Trinajstić information content (AvgIpc) is 2.74. The predicted octanol–water partition coefficient (Wildman–Crippen LogP) is 6.94. The maximum Gasteiger partial charge on any atom is 0.361 e. The fraction of sp³-hybridized carbons (Fsp3) is 0. The fourth-order valence-corrected chi connectivity index (χ4v) is 2.93. The monoisotopic (exact) mass is 352 g/mol. The molecule has 0 aliphatic heterocycles. The van der Waals surface area contributed by atoms with Crippen molar-refractivity contribution in [3.8, 4) is 11.1 Å². The molecule has 0 atom stereocenters. The molecule has 0 bridgehead atoms. The van der Waals surface area contributed by atoms with Crippen molar-refractivity contribution in [3.05, 3.63) is 109 Å². The third-order valence-electron chi connectivity index (χ3n) is 4.16. The van der Waals surface area contributed by atoms with E-state index in [4.69, 9.17) is 10.2 Å². The van der Waals surface area contributed by atoms with Gasteiger partial charge in [0.2, 0.25) is 0 Å². The predicted molar refractivity (Wildman–Crippen MR) is 117 cm³/mol. The molecule has 2 N–H and O–H groups in total. The minimum absolute atomic E-state index is 0.748. The van der Waals surface area contributed by atoms with Crippen molar-refractivity contribution in [2.75, 3.05) is 5.73 Å². The van der Waals surface area contributed by atoms with E-state index >= 15 is 0 Å². The van der Waals surface area contributed by atoms with Crippen molar-refractivity contribution in [2.45, 2.75) is 0 Å². The first-order valence-corrected chi connectivity index (χ1v) is 8.74. The minimum Gasteiger partial charge on any atom is -0.399 e. The Morgan fingerprint density at radius 3 is 1.85 bits per heavy atom. The number of fused-ring (bicyclic) bond motifs is 1. The second kappa shape index (κ2) is 8.63. The van der Waals surface area contributed by atoms with Crippen LogP contribution in [0.3, 0.4) is 0 Å². The van der Waals surface area contributed by atoms with Crippen LogP contribution in [0.15, 0.2) is 103 Å². The van der Waals surface area contributed by atoms with Crippen LogP contribution in [0.2, 0.25) is 0 Å². The summed E-state index contributed by atoms with van der Waals surface area (Å²) in [6.45, 7) is 7.76. The van der Waals surface area contributed by atoms with Crippen LogP contribution >= 0.6 is 0 Å². The van der Waals surface area contributed by atoms with E-state index in [-0.39, 0.29) is 0 Å². The molecule has 0 aliphatic rings. The molecule has 4 rings (SSSR count). The molecule has 2 nitrogen and oxygen atoms in total. The third-order valence-corrected chi connectivity index (χ3v) is 4.16. The SMILES string of the molecule is C=Cc1[o+]c2ccccc2c(-c2ccccc2)c1C=C.Nc1ccccc1. The Labute approximate surface area is 159 Å². The number of benzene rings is 3. The van der Waals surface area contributed by atoms with Gasteiger partial charge >= 0.3 is 11.3 Å². The van der Waals surface area contributed by atoms with E-state index in [2.05, 4.69) is 31.4 Å². The molecule has 0 saturated heterocycles. The standard InChI is InChI=1S/C19H15O.C6H7N/c1-3-15-17(4-2)20-18-13-9-8-12-16(18)19(15)14-10-6-5-7-11-14;7-6-4-2-1-3-5-6/h3-13H,1-2H2;1-5H,7H2/q+1;. The quantitative estimate of drug-likeness (QED) is 0.320. The van der Waals surface area contributed by atoms with E-state index in [1.807, 2.05) is 72.8 Å². The number of rotatable bonds is 3. The summed E-state index contributed by atoms with van der Waals surface area (Å²) in [6, 6.07) is 27.8. The number of hydrogen-bond donors (Lipinski definition) is 1.